The maximum Gasteiger partial charge on any atom is 0.315 e. The normalized spacial score (nSPS) is 20.8. The molecule has 116 valence electrons. The van der Waals surface area contributed by atoms with Crippen molar-refractivity contribution in [3.05, 3.63) is 35.9 Å². The maximum atomic E-state index is 12.1. The molecule has 0 atom stereocenters. The molecule has 2 rings (SSSR count). The summed E-state index contributed by atoms with van der Waals surface area (Å²) >= 11 is 0. The van der Waals surface area contributed by atoms with Gasteiger partial charge in [0.2, 0.25) is 0 Å². The van der Waals surface area contributed by atoms with Crippen LogP contribution >= 0.6 is 0 Å². The number of nitrogens with one attached hydrogen (secondary N) is 3. The number of amides is 2. The van der Waals surface area contributed by atoms with Crippen molar-refractivity contribution < 1.29 is 4.79 Å². The molecule has 2 amide bonds. The highest BCUT2D eigenvalue weighted by atomic mass is 16.2. The molecule has 0 bridgehead atoms. The van der Waals surface area contributed by atoms with E-state index in [1.165, 1.54) is 0 Å². The van der Waals surface area contributed by atoms with Crippen LogP contribution in [0.5, 0.6) is 0 Å². The van der Waals surface area contributed by atoms with Crippen molar-refractivity contribution in [2.75, 3.05) is 0 Å². The van der Waals surface area contributed by atoms with Crippen molar-refractivity contribution >= 4 is 6.03 Å². The van der Waals surface area contributed by atoms with E-state index < -0.39 is 0 Å². The molecule has 1 aromatic carbocycles. The van der Waals surface area contributed by atoms with Gasteiger partial charge in [-0.2, -0.15) is 0 Å². The van der Waals surface area contributed by atoms with E-state index in [9.17, 15) is 4.79 Å². The average Bonchev–Trinajstić information content (AvgIpc) is 2.33. The number of urea groups is 1. The molecule has 1 fully saturated rings. The SMILES string of the molecule is CC1(C)CC(NC(=O)NCc2ccccc2)CC(C)(C)N1. The van der Waals surface area contributed by atoms with Gasteiger partial charge < -0.3 is 16.0 Å². The molecule has 1 saturated heterocycles. The molecule has 0 spiro atoms. The van der Waals surface area contributed by atoms with Gasteiger partial charge in [0.25, 0.3) is 0 Å². The van der Waals surface area contributed by atoms with Gasteiger partial charge in [0, 0.05) is 23.7 Å². The van der Waals surface area contributed by atoms with E-state index in [0.717, 1.165) is 18.4 Å². The van der Waals surface area contributed by atoms with Gasteiger partial charge in [-0.25, -0.2) is 4.79 Å². The van der Waals surface area contributed by atoms with Gasteiger partial charge in [-0.05, 0) is 46.1 Å². The molecule has 4 heteroatoms. The highest BCUT2D eigenvalue weighted by Gasteiger charge is 2.38. The fourth-order valence-electron chi connectivity index (χ4n) is 3.44. The number of carbonyl (C=O) groups excluding carboxylic acids is 1. The molecule has 0 unspecified atom stereocenters. The van der Waals surface area contributed by atoms with Crippen LogP contribution in [0.15, 0.2) is 30.3 Å². The summed E-state index contributed by atoms with van der Waals surface area (Å²) in [5.41, 5.74) is 1.19. The zero-order chi connectivity index (χ0) is 15.5. The predicted octanol–water partition coefficient (Wildman–Crippen LogP) is 2.80. The largest absolute Gasteiger partial charge is 0.335 e. The molecule has 1 aliphatic rings. The summed E-state index contributed by atoms with van der Waals surface area (Å²) in [5.74, 6) is 0. The fourth-order valence-corrected chi connectivity index (χ4v) is 3.44. The zero-order valence-electron chi connectivity index (χ0n) is 13.5. The van der Waals surface area contributed by atoms with E-state index in [0.29, 0.717) is 6.54 Å². The van der Waals surface area contributed by atoms with Gasteiger partial charge >= 0.3 is 6.03 Å². The molecule has 0 aliphatic carbocycles. The molecular weight excluding hydrogens is 262 g/mol. The number of benzene rings is 1. The summed E-state index contributed by atoms with van der Waals surface area (Å²) in [6.07, 6.45) is 1.88. The van der Waals surface area contributed by atoms with E-state index in [2.05, 4.69) is 43.6 Å². The molecular formula is C17H27N3O. The lowest BCUT2D eigenvalue weighted by atomic mass is 9.80. The lowest BCUT2D eigenvalue weighted by molar-refractivity contribution is 0.147. The van der Waals surface area contributed by atoms with Crippen LogP contribution in [0.25, 0.3) is 0 Å². The summed E-state index contributed by atoms with van der Waals surface area (Å²) < 4.78 is 0. The second-order valence-corrected chi connectivity index (χ2v) is 7.31. The van der Waals surface area contributed by atoms with Gasteiger partial charge in [-0.1, -0.05) is 30.3 Å². The Bertz CT molecular complexity index is 466. The molecule has 0 saturated carbocycles. The Morgan fingerprint density at radius 1 is 1.14 bits per heavy atom. The van der Waals surface area contributed by atoms with Gasteiger partial charge in [0.15, 0.2) is 0 Å². The number of piperidine rings is 1. The first-order chi connectivity index (χ1) is 9.76. The Balaban J connectivity index is 1.85. The molecule has 21 heavy (non-hydrogen) atoms. The standard InChI is InChI=1S/C17H27N3O/c1-16(2)10-14(11-17(3,4)20-16)19-15(21)18-12-13-8-6-5-7-9-13/h5-9,14,20H,10-12H2,1-4H3,(H2,18,19,21). The van der Waals surface area contributed by atoms with Crippen LogP contribution in [0.1, 0.15) is 46.1 Å². The minimum atomic E-state index is -0.0858. The lowest BCUT2D eigenvalue weighted by Gasteiger charge is -2.46. The van der Waals surface area contributed by atoms with E-state index >= 15 is 0 Å². The van der Waals surface area contributed by atoms with Crippen molar-refractivity contribution in [2.24, 2.45) is 0 Å². The summed E-state index contributed by atoms with van der Waals surface area (Å²) in [4.78, 5) is 12.1. The van der Waals surface area contributed by atoms with Crippen LogP contribution in [0.4, 0.5) is 4.79 Å². The van der Waals surface area contributed by atoms with Gasteiger partial charge in [0.05, 0.1) is 0 Å². The minimum Gasteiger partial charge on any atom is -0.335 e. The monoisotopic (exact) mass is 289 g/mol. The fraction of sp³-hybridized carbons (Fsp3) is 0.588. The molecule has 1 aliphatic heterocycles. The number of hydrogen-bond donors (Lipinski definition) is 3. The summed E-state index contributed by atoms with van der Waals surface area (Å²) in [5, 5.41) is 9.66. The molecule has 0 aromatic heterocycles. The Morgan fingerprint density at radius 2 is 1.71 bits per heavy atom. The third kappa shape index (κ3) is 5.05. The minimum absolute atomic E-state index is 0.0408. The zero-order valence-corrected chi connectivity index (χ0v) is 13.5. The molecule has 1 aromatic rings. The Morgan fingerprint density at radius 3 is 2.29 bits per heavy atom. The molecule has 0 radical (unpaired) electrons. The van der Waals surface area contributed by atoms with Crippen LogP contribution < -0.4 is 16.0 Å². The van der Waals surface area contributed by atoms with Crippen molar-refractivity contribution in [2.45, 2.75) is 64.2 Å². The third-order valence-corrected chi connectivity index (χ3v) is 3.82. The maximum absolute atomic E-state index is 12.1. The van der Waals surface area contributed by atoms with Crippen molar-refractivity contribution in [3.8, 4) is 0 Å². The van der Waals surface area contributed by atoms with E-state index in [4.69, 9.17) is 0 Å². The second-order valence-electron chi connectivity index (χ2n) is 7.31. The number of hydrogen-bond acceptors (Lipinski definition) is 2. The van der Waals surface area contributed by atoms with Crippen molar-refractivity contribution in [3.63, 3.8) is 0 Å². The first-order valence-electron chi connectivity index (χ1n) is 7.63. The van der Waals surface area contributed by atoms with Gasteiger partial charge in [-0.3, -0.25) is 0 Å². The Hall–Kier alpha value is -1.55. The highest BCUT2D eigenvalue weighted by molar-refractivity contribution is 5.74. The molecule has 3 N–H and O–H groups in total. The van der Waals surface area contributed by atoms with E-state index in [-0.39, 0.29) is 23.2 Å². The first kappa shape index (κ1) is 15.8. The predicted molar refractivity (Wildman–Crippen MR) is 86.1 cm³/mol. The van der Waals surface area contributed by atoms with Crippen LogP contribution in [0, 0.1) is 0 Å². The van der Waals surface area contributed by atoms with E-state index in [1.807, 2.05) is 30.3 Å². The summed E-state index contributed by atoms with van der Waals surface area (Å²) in [6, 6.07) is 10.1. The molecule has 4 nitrogen and oxygen atoms in total. The van der Waals surface area contributed by atoms with Gasteiger partial charge in [0.1, 0.15) is 0 Å². The Kier molecular flexibility index (Phi) is 4.57. The number of carbonyl (C=O) groups is 1. The van der Waals surface area contributed by atoms with Crippen LogP contribution in [0.2, 0.25) is 0 Å². The smallest absolute Gasteiger partial charge is 0.315 e. The summed E-state index contributed by atoms with van der Waals surface area (Å²) in [6.45, 7) is 9.30. The third-order valence-electron chi connectivity index (χ3n) is 3.82. The van der Waals surface area contributed by atoms with Crippen molar-refractivity contribution in [1.29, 1.82) is 0 Å². The first-order valence-corrected chi connectivity index (χ1v) is 7.63. The summed E-state index contributed by atoms with van der Waals surface area (Å²) in [7, 11) is 0. The topological polar surface area (TPSA) is 53.2 Å². The van der Waals surface area contributed by atoms with Crippen molar-refractivity contribution in [1.82, 2.24) is 16.0 Å². The quantitative estimate of drug-likeness (QED) is 0.801. The van der Waals surface area contributed by atoms with Crippen LogP contribution in [0.3, 0.4) is 0 Å². The second kappa shape index (κ2) is 6.06. The van der Waals surface area contributed by atoms with Crippen LogP contribution in [-0.4, -0.2) is 23.2 Å². The Labute approximate surface area is 127 Å². The van der Waals surface area contributed by atoms with Crippen LogP contribution in [-0.2, 0) is 6.54 Å². The highest BCUT2D eigenvalue weighted by Crippen LogP contribution is 2.28. The molecule has 1 heterocycles. The van der Waals surface area contributed by atoms with Gasteiger partial charge in [-0.15, -0.1) is 0 Å². The van der Waals surface area contributed by atoms with E-state index in [1.54, 1.807) is 0 Å². The average molecular weight is 289 g/mol. The number of rotatable bonds is 3. The lowest BCUT2D eigenvalue weighted by Crippen LogP contribution is -2.62.